The van der Waals surface area contributed by atoms with E-state index in [-0.39, 0.29) is 0 Å². The first-order valence-corrected chi connectivity index (χ1v) is 10.3. The van der Waals surface area contributed by atoms with Crippen LogP contribution in [0.15, 0.2) is 65.8 Å². The van der Waals surface area contributed by atoms with Gasteiger partial charge in [-0.1, -0.05) is 72.4 Å². The van der Waals surface area contributed by atoms with Crippen LogP contribution in [0, 0.1) is 0 Å². The second-order valence-corrected chi connectivity index (χ2v) is 8.02. The van der Waals surface area contributed by atoms with Crippen molar-refractivity contribution in [3.8, 4) is 0 Å². The van der Waals surface area contributed by atoms with E-state index in [1.807, 2.05) is 48.5 Å². The van der Waals surface area contributed by atoms with E-state index in [2.05, 4.69) is 32.2 Å². The minimum atomic E-state index is -0.874. The highest BCUT2D eigenvalue weighted by molar-refractivity contribution is 8.00. The van der Waals surface area contributed by atoms with Crippen LogP contribution in [0.25, 0.3) is 0 Å². The second kappa shape index (κ2) is 8.48. The van der Waals surface area contributed by atoms with Gasteiger partial charge in [-0.2, -0.15) is 0 Å². The molecule has 0 unspecified atom stereocenters. The van der Waals surface area contributed by atoms with Gasteiger partial charge in [0, 0.05) is 5.92 Å². The van der Waals surface area contributed by atoms with Crippen molar-refractivity contribution in [3.63, 3.8) is 0 Å². The average Bonchev–Trinajstić information content (AvgIpc) is 3.49. The molecule has 148 valence electrons. The third kappa shape index (κ3) is 4.65. The van der Waals surface area contributed by atoms with Crippen molar-refractivity contribution < 1.29 is 9.59 Å². The predicted molar refractivity (Wildman–Crippen MR) is 110 cm³/mol. The van der Waals surface area contributed by atoms with Crippen molar-refractivity contribution in [2.45, 2.75) is 35.7 Å². The minimum Gasteiger partial charge on any atom is -0.351 e. The topological polar surface area (TPSA) is 103 Å². The molecule has 0 bridgehead atoms. The zero-order valence-corrected chi connectivity index (χ0v) is 16.5. The molecule has 3 aromatic rings. The number of benzene rings is 2. The minimum absolute atomic E-state index is 0.412. The fourth-order valence-electron chi connectivity index (χ4n) is 3.14. The molecule has 7 nitrogen and oxygen atoms in total. The molecule has 0 aliphatic heterocycles. The summed E-state index contributed by atoms with van der Waals surface area (Å²) >= 11 is 1.27. The SMILES string of the molecule is NC(=O)NC(=O)[C@@H](Sc1nnc(C2CC2)n1Cc1ccccc1)c1ccccc1. The molecular formula is C21H21N5O2S. The Morgan fingerprint density at radius 1 is 1.07 bits per heavy atom. The van der Waals surface area contributed by atoms with E-state index in [0.29, 0.717) is 17.6 Å². The third-order valence-electron chi connectivity index (χ3n) is 4.68. The van der Waals surface area contributed by atoms with Crippen molar-refractivity contribution >= 4 is 23.7 Å². The van der Waals surface area contributed by atoms with Gasteiger partial charge in [-0.15, -0.1) is 10.2 Å². The summed E-state index contributed by atoms with van der Waals surface area (Å²) in [6, 6.07) is 18.5. The maximum absolute atomic E-state index is 12.7. The van der Waals surface area contributed by atoms with Crippen LogP contribution in [0.1, 0.15) is 41.0 Å². The number of hydrogen-bond acceptors (Lipinski definition) is 5. The van der Waals surface area contributed by atoms with Gasteiger partial charge in [0.05, 0.1) is 6.54 Å². The molecule has 1 aliphatic rings. The number of nitrogens with two attached hydrogens (primary N) is 1. The van der Waals surface area contributed by atoms with Crippen molar-refractivity contribution in [1.29, 1.82) is 0 Å². The fraction of sp³-hybridized carbons (Fsp3) is 0.238. The lowest BCUT2D eigenvalue weighted by Gasteiger charge is -2.16. The smallest absolute Gasteiger partial charge is 0.318 e. The van der Waals surface area contributed by atoms with Crippen molar-refractivity contribution in [2.24, 2.45) is 5.73 Å². The number of thioether (sulfide) groups is 1. The predicted octanol–water partition coefficient (Wildman–Crippen LogP) is 3.23. The van der Waals surface area contributed by atoms with E-state index < -0.39 is 17.2 Å². The van der Waals surface area contributed by atoms with E-state index in [1.165, 1.54) is 11.8 Å². The van der Waals surface area contributed by atoms with Gasteiger partial charge in [-0.05, 0) is 24.0 Å². The number of aromatic nitrogens is 3. The van der Waals surface area contributed by atoms with E-state index >= 15 is 0 Å². The summed E-state index contributed by atoms with van der Waals surface area (Å²) in [5, 5.41) is 11.0. The Morgan fingerprint density at radius 3 is 2.34 bits per heavy atom. The standard InChI is InChI=1S/C21H21N5O2S/c22-20(28)23-19(27)17(15-9-5-2-6-10-15)29-21-25-24-18(16-11-12-16)26(21)13-14-7-3-1-4-8-14/h1-10,16-17H,11-13H2,(H3,22,23,27,28)/t17-/m0/s1. The molecule has 0 saturated heterocycles. The molecule has 1 atom stereocenters. The van der Waals surface area contributed by atoms with Gasteiger partial charge in [0.25, 0.3) is 0 Å². The molecule has 3 amide bonds. The summed E-state index contributed by atoms with van der Waals surface area (Å²) in [6.45, 7) is 0.626. The Bertz CT molecular complexity index is 1000. The Hall–Kier alpha value is -3.13. The molecule has 4 rings (SSSR count). The number of nitrogens with zero attached hydrogens (tertiary/aromatic N) is 3. The first-order chi connectivity index (χ1) is 14.1. The van der Waals surface area contributed by atoms with Crippen LogP contribution >= 0.6 is 11.8 Å². The number of carbonyl (C=O) groups is 2. The monoisotopic (exact) mass is 407 g/mol. The van der Waals surface area contributed by atoms with Crippen molar-refractivity contribution in [2.75, 3.05) is 0 Å². The first-order valence-electron chi connectivity index (χ1n) is 9.40. The molecule has 1 fully saturated rings. The van der Waals surface area contributed by atoms with Gasteiger partial charge in [-0.3, -0.25) is 10.1 Å². The largest absolute Gasteiger partial charge is 0.351 e. The van der Waals surface area contributed by atoms with E-state index in [0.717, 1.165) is 29.8 Å². The number of primary amides is 1. The van der Waals surface area contributed by atoms with Gasteiger partial charge in [0.2, 0.25) is 5.91 Å². The lowest BCUT2D eigenvalue weighted by molar-refractivity contribution is -0.119. The van der Waals surface area contributed by atoms with Crippen molar-refractivity contribution in [3.05, 3.63) is 77.6 Å². The fourth-order valence-corrected chi connectivity index (χ4v) is 4.18. The Balaban J connectivity index is 1.67. The van der Waals surface area contributed by atoms with Gasteiger partial charge in [0.1, 0.15) is 11.1 Å². The van der Waals surface area contributed by atoms with E-state index in [1.54, 1.807) is 0 Å². The van der Waals surface area contributed by atoms with Crippen molar-refractivity contribution in [1.82, 2.24) is 20.1 Å². The number of hydrogen-bond donors (Lipinski definition) is 2. The summed E-state index contributed by atoms with van der Waals surface area (Å²) < 4.78 is 2.07. The molecular weight excluding hydrogens is 386 g/mol. The zero-order valence-electron chi connectivity index (χ0n) is 15.7. The number of imide groups is 1. The lowest BCUT2D eigenvalue weighted by atomic mass is 10.1. The number of amides is 3. The van der Waals surface area contributed by atoms with Gasteiger partial charge >= 0.3 is 6.03 Å². The molecule has 1 aliphatic carbocycles. The van der Waals surface area contributed by atoms with E-state index in [9.17, 15) is 9.59 Å². The highest BCUT2D eigenvalue weighted by Crippen LogP contribution is 2.42. The highest BCUT2D eigenvalue weighted by atomic mass is 32.2. The van der Waals surface area contributed by atoms with Crippen LogP contribution in [0.2, 0.25) is 0 Å². The van der Waals surface area contributed by atoms with Gasteiger partial charge in [0.15, 0.2) is 5.16 Å². The molecule has 1 aromatic heterocycles. The normalized spacial score (nSPS) is 14.3. The maximum Gasteiger partial charge on any atom is 0.318 e. The number of carbonyl (C=O) groups excluding carboxylic acids is 2. The average molecular weight is 407 g/mol. The Kier molecular flexibility index (Phi) is 5.62. The summed E-state index contributed by atoms with van der Waals surface area (Å²) in [6.07, 6.45) is 2.20. The molecule has 8 heteroatoms. The summed E-state index contributed by atoms with van der Waals surface area (Å²) in [5.41, 5.74) is 7.07. The lowest BCUT2D eigenvalue weighted by Crippen LogP contribution is -2.37. The summed E-state index contributed by atoms with van der Waals surface area (Å²) in [7, 11) is 0. The Morgan fingerprint density at radius 2 is 1.72 bits per heavy atom. The first kappa shape index (κ1) is 19.2. The third-order valence-corrected chi connectivity index (χ3v) is 5.92. The maximum atomic E-state index is 12.7. The summed E-state index contributed by atoms with van der Waals surface area (Å²) in [5.74, 6) is 0.879. The molecule has 2 aromatic carbocycles. The molecule has 1 heterocycles. The van der Waals surface area contributed by atoms with Gasteiger partial charge < -0.3 is 10.3 Å². The van der Waals surface area contributed by atoms with Crippen LogP contribution in [0.3, 0.4) is 0 Å². The van der Waals surface area contributed by atoms with Crippen LogP contribution in [-0.2, 0) is 11.3 Å². The number of rotatable bonds is 7. The van der Waals surface area contributed by atoms with Gasteiger partial charge in [-0.25, -0.2) is 4.79 Å². The molecule has 29 heavy (non-hydrogen) atoms. The van der Waals surface area contributed by atoms with Crippen LogP contribution in [-0.4, -0.2) is 26.7 Å². The zero-order chi connectivity index (χ0) is 20.2. The van der Waals surface area contributed by atoms with Crippen LogP contribution in [0.5, 0.6) is 0 Å². The van der Waals surface area contributed by atoms with Crippen LogP contribution < -0.4 is 11.1 Å². The number of urea groups is 1. The molecule has 3 N–H and O–H groups in total. The Labute approximate surface area is 172 Å². The summed E-state index contributed by atoms with van der Waals surface area (Å²) in [4.78, 5) is 23.9. The molecule has 0 spiro atoms. The van der Waals surface area contributed by atoms with Crippen LogP contribution in [0.4, 0.5) is 4.79 Å². The number of nitrogens with one attached hydrogen (secondary N) is 1. The van der Waals surface area contributed by atoms with E-state index in [4.69, 9.17) is 5.73 Å². The second-order valence-electron chi connectivity index (χ2n) is 6.95. The highest BCUT2D eigenvalue weighted by Gasteiger charge is 2.32. The molecule has 1 saturated carbocycles. The molecule has 0 radical (unpaired) electrons. The quantitative estimate of drug-likeness (QED) is 0.585.